The molecule has 0 spiro atoms. The molecule has 1 aliphatic carbocycles. The van der Waals surface area contributed by atoms with Gasteiger partial charge in [-0.1, -0.05) is 81.6 Å². The van der Waals surface area contributed by atoms with Crippen molar-refractivity contribution in [2.75, 3.05) is 11.9 Å². The van der Waals surface area contributed by atoms with Crippen molar-refractivity contribution >= 4 is 29.1 Å². The first-order valence-corrected chi connectivity index (χ1v) is 12.8. The molecule has 1 aliphatic heterocycles. The van der Waals surface area contributed by atoms with Crippen LogP contribution in [0.5, 0.6) is 0 Å². The number of nitrogens with two attached hydrogens (primary N) is 1. The molecule has 0 bridgehead atoms. The second kappa shape index (κ2) is 10.6. The fourth-order valence-corrected chi connectivity index (χ4v) is 5.68. The number of para-hydroxylation sites is 1. The van der Waals surface area contributed by atoms with Gasteiger partial charge in [-0.05, 0) is 31.2 Å². The fourth-order valence-electron chi connectivity index (χ4n) is 5.68. The number of anilines is 1. The minimum absolute atomic E-state index is 0.180. The summed E-state index contributed by atoms with van der Waals surface area (Å²) in [6, 6.07) is 17.2. The minimum atomic E-state index is -1.12. The molecule has 0 aromatic heterocycles. The van der Waals surface area contributed by atoms with E-state index in [2.05, 4.69) is 5.32 Å². The van der Waals surface area contributed by atoms with Gasteiger partial charge in [0.05, 0.1) is 22.7 Å². The average molecular weight is 489 g/mol. The third-order valence-electron chi connectivity index (χ3n) is 7.60. The van der Waals surface area contributed by atoms with Gasteiger partial charge in [0, 0.05) is 18.2 Å². The number of likely N-dealkylation sites (N-methyl/N-ethyl adjacent to an activating group) is 1. The number of rotatable bonds is 7. The molecule has 190 valence electrons. The number of fused-ring (bicyclic) bond motifs is 1. The molecule has 1 fully saturated rings. The van der Waals surface area contributed by atoms with E-state index in [-0.39, 0.29) is 17.7 Å². The van der Waals surface area contributed by atoms with Gasteiger partial charge in [0.1, 0.15) is 0 Å². The Bertz CT molecular complexity index is 1150. The normalized spacial score (nSPS) is 20.2. The fraction of sp³-hybridized carbons (Fsp3) is 0.448. The van der Waals surface area contributed by atoms with Gasteiger partial charge in [-0.25, -0.2) is 4.99 Å². The first kappa shape index (κ1) is 25.6. The average Bonchev–Trinajstić information content (AvgIpc) is 2.98. The summed E-state index contributed by atoms with van der Waals surface area (Å²) in [5, 5.41) is 2.93. The van der Waals surface area contributed by atoms with Crippen LogP contribution >= 0.6 is 0 Å². The van der Waals surface area contributed by atoms with E-state index >= 15 is 0 Å². The molecular formula is C29H36N4O3. The first-order chi connectivity index (χ1) is 17.2. The number of benzodiazepines with no additional fused rings is 1. The molecule has 36 heavy (non-hydrogen) atoms. The van der Waals surface area contributed by atoms with Gasteiger partial charge in [0.2, 0.25) is 18.0 Å². The van der Waals surface area contributed by atoms with Crippen LogP contribution in [0, 0.1) is 17.3 Å². The predicted molar refractivity (Wildman–Crippen MR) is 142 cm³/mol. The zero-order valence-electron chi connectivity index (χ0n) is 21.4. The van der Waals surface area contributed by atoms with E-state index in [4.69, 9.17) is 10.7 Å². The second-order valence-corrected chi connectivity index (χ2v) is 10.4. The molecule has 2 aliphatic rings. The molecule has 1 heterocycles. The van der Waals surface area contributed by atoms with Crippen LogP contribution in [0.15, 0.2) is 59.6 Å². The van der Waals surface area contributed by atoms with Gasteiger partial charge >= 0.3 is 0 Å². The highest BCUT2D eigenvalue weighted by atomic mass is 16.2. The van der Waals surface area contributed by atoms with Crippen LogP contribution < -0.4 is 16.0 Å². The monoisotopic (exact) mass is 488 g/mol. The lowest BCUT2D eigenvalue weighted by Crippen LogP contribution is -2.54. The SMILES string of the molecule is CC(C)CC(C(=O)NC1N=C(c2ccccc2)c2ccccc2N(C)C1=O)C1(C(N)=O)CCCCC1. The molecule has 7 heteroatoms. The Kier molecular flexibility index (Phi) is 7.57. The summed E-state index contributed by atoms with van der Waals surface area (Å²) >= 11 is 0. The quantitative estimate of drug-likeness (QED) is 0.614. The summed E-state index contributed by atoms with van der Waals surface area (Å²) in [6.07, 6.45) is 3.34. The maximum atomic E-state index is 13.9. The van der Waals surface area contributed by atoms with Crippen molar-refractivity contribution in [3.05, 3.63) is 65.7 Å². The molecule has 3 N–H and O–H groups in total. The van der Waals surface area contributed by atoms with E-state index in [9.17, 15) is 14.4 Å². The maximum Gasteiger partial charge on any atom is 0.272 e. The summed E-state index contributed by atoms with van der Waals surface area (Å²) in [4.78, 5) is 46.6. The molecule has 2 unspecified atom stereocenters. The van der Waals surface area contributed by atoms with E-state index in [1.54, 1.807) is 11.9 Å². The summed E-state index contributed by atoms with van der Waals surface area (Å²) in [7, 11) is 1.70. The van der Waals surface area contributed by atoms with Crippen molar-refractivity contribution in [1.82, 2.24) is 5.32 Å². The van der Waals surface area contributed by atoms with Crippen LogP contribution in [-0.2, 0) is 14.4 Å². The Balaban J connectivity index is 1.74. The van der Waals surface area contributed by atoms with Gasteiger partial charge in [-0.2, -0.15) is 0 Å². The molecule has 4 rings (SSSR count). The third kappa shape index (κ3) is 4.92. The van der Waals surface area contributed by atoms with Crippen molar-refractivity contribution in [2.45, 2.75) is 58.5 Å². The Morgan fingerprint density at radius 3 is 2.33 bits per heavy atom. The van der Waals surface area contributed by atoms with Crippen molar-refractivity contribution < 1.29 is 14.4 Å². The number of hydrogen-bond donors (Lipinski definition) is 2. The maximum absolute atomic E-state index is 13.9. The highest BCUT2D eigenvalue weighted by Crippen LogP contribution is 2.45. The van der Waals surface area contributed by atoms with E-state index in [0.29, 0.717) is 25.0 Å². The summed E-state index contributed by atoms with van der Waals surface area (Å²) in [6.45, 7) is 4.06. The predicted octanol–water partition coefficient (Wildman–Crippen LogP) is 4.04. The molecule has 2 aromatic carbocycles. The van der Waals surface area contributed by atoms with Gasteiger partial charge in [0.15, 0.2) is 0 Å². The van der Waals surface area contributed by atoms with Crippen molar-refractivity contribution in [2.24, 2.45) is 28.0 Å². The molecule has 0 saturated heterocycles. The number of primary amides is 1. The molecule has 1 saturated carbocycles. The topological polar surface area (TPSA) is 105 Å². The molecule has 3 amide bonds. The zero-order chi connectivity index (χ0) is 25.9. The summed E-state index contributed by atoms with van der Waals surface area (Å²) < 4.78 is 0. The van der Waals surface area contributed by atoms with Gasteiger partial charge in [0.25, 0.3) is 5.91 Å². The highest BCUT2D eigenvalue weighted by Gasteiger charge is 2.49. The largest absolute Gasteiger partial charge is 0.369 e. The number of benzene rings is 2. The van der Waals surface area contributed by atoms with Gasteiger partial charge < -0.3 is 16.0 Å². The summed E-state index contributed by atoms with van der Waals surface area (Å²) in [5.74, 6) is -1.53. The smallest absolute Gasteiger partial charge is 0.272 e. The number of carbonyl (C=O) groups is 3. The van der Waals surface area contributed by atoms with Gasteiger partial charge in [-0.15, -0.1) is 0 Å². The Hall–Kier alpha value is -3.48. The van der Waals surface area contributed by atoms with Crippen LogP contribution in [-0.4, -0.2) is 36.6 Å². The molecule has 2 aromatic rings. The van der Waals surface area contributed by atoms with E-state index in [0.717, 1.165) is 36.1 Å². The van der Waals surface area contributed by atoms with E-state index in [1.165, 1.54) is 0 Å². The van der Waals surface area contributed by atoms with Crippen LogP contribution in [0.3, 0.4) is 0 Å². The minimum Gasteiger partial charge on any atom is -0.369 e. The molecule has 7 nitrogen and oxygen atoms in total. The second-order valence-electron chi connectivity index (χ2n) is 10.4. The number of nitrogens with one attached hydrogen (secondary N) is 1. The third-order valence-corrected chi connectivity index (χ3v) is 7.60. The number of carbonyl (C=O) groups excluding carboxylic acids is 3. The van der Waals surface area contributed by atoms with Crippen LogP contribution in [0.4, 0.5) is 5.69 Å². The zero-order valence-corrected chi connectivity index (χ0v) is 21.4. The Labute approximate surface area is 213 Å². The number of amides is 3. The molecule has 2 atom stereocenters. The molecule has 0 radical (unpaired) electrons. The Morgan fingerprint density at radius 1 is 1.06 bits per heavy atom. The Morgan fingerprint density at radius 2 is 1.69 bits per heavy atom. The van der Waals surface area contributed by atoms with Crippen molar-refractivity contribution in [1.29, 1.82) is 0 Å². The van der Waals surface area contributed by atoms with E-state index < -0.39 is 23.4 Å². The number of nitrogens with zero attached hydrogens (tertiary/aromatic N) is 2. The van der Waals surface area contributed by atoms with Crippen LogP contribution in [0.2, 0.25) is 0 Å². The lowest BCUT2D eigenvalue weighted by atomic mass is 9.63. The molecular weight excluding hydrogens is 452 g/mol. The van der Waals surface area contributed by atoms with E-state index in [1.807, 2.05) is 68.4 Å². The number of hydrogen-bond acceptors (Lipinski definition) is 4. The van der Waals surface area contributed by atoms with Crippen molar-refractivity contribution in [3.8, 4) is 0 Å². The lowest BCUT2D eigenvalue weighted by molar-refractivity contribution is -0.144. The summed E-state index contributed by atoms with van der Waals surface area (Å²) in [5.41, 5.74) is 8.09. The van der Waals surface area contributed by atoms with Gasteiger partial charge in [-0.3, -0.25) is 14.4 Å². The van der Waals surface area contributed by atoms with Crippen LogP contribution in [0.25, 0.3) is 0 Å². The number of aliphatic imine (C=N–C) groups is 1. The lowest BCUT2D eigenvalue weighted by Gasteiger charge is -2.41. The highest BCUT2D eigenvalue weighted by molar-refractivity contribution is 6.20. The standard InChI is InChI=1S/C29H36N4O3/c1-19(2)18-22(29(28(30)36)16-10-5-11-17-29)26(34)32-25-27(35)33(3)23-15-9-8-14-21(23)24(31-25)20-12-6-4-7-13-20/h4,6-9,12-15,19,22,25H,5,10-11,16-18H2,1-3H3,(H2,30,36)(H,32,34). The first-order valence-electron chi connectivity index (χ1n) is 12.8. The van der Waals surface area contributed by atoms with Crippen molar-refractivity contribution in [3.63, 3.8) is 0 Å². The van der Waals surface area contributed by atoms with Crippen LogP contribution in [0.1, 0.15) is 63.5 Å².